The summed E-state index contributed by atoms with van der Waals surface area (Å²) >= 11 is 0. The Morgan fingerprint density at radius 3 is 2.75 bits per heavy atom. The number of nitrogens with one attached hydrogen (secondary N) is 1. The predicted octanol–water partition coefficient (Wildman–Crippen LogP) is 2.06. The number of hydrogen-bond donors (Lipinski definition) is 1. The molecular formula is C19H28N2O3. The maximum absolute atomic E-state index is 12.4. The molecule has 132 valence electrons. The normalized spacial score (nSPS) is 26.6. The highest BCUT2D eigenvalue weighted by molar-refractivity contribution is 5.79. The van der Waals surface area contributed by atoms with Crippen LogP contribution >= 0.6 is 0 Å². The van der Waals surface area contributed by atoms with Crippen molar-refractivity contribution in [3.05, 3.63) is 29.8 Å². The van der Waals surface area contributed by atoms with Crippen molar-refractivity contribution in [1.29, 1.82) is 0 Å². The molecule has 2 bridgehead atoms. The lowest BCUT2D eigenvalue weighted by Crippen LogP contribution is -2.45. The molecule has 5 nitrogen and oxygen atoms in total. The number of nitrogens with zero attached hydrogens (tertiary/aromatic N) is 1. The smallest absolute Gasteiger partial charge is 0.225 e. The van der Waals surface area contributed by atoms with Gasteiger partial charge in [-0.25, -0.2) is 0 Å². The summed E-state index contributed by atoms with van der Waals surface area (Å²) in [4.78, 5) is 14.8. The Hall–Kier alpha value is -1.59. The molecule has 0 radical (unpaired) electrons. The third-order valence-corrected chi connectivity index (χ3v) is 4.82. The van der Waals surface area contributed by atoms with Crippen LogP contribution in [0.4, 0.5) is 0 Å². The molecule has 2 aliphatic heterocycles. The number of carbonyl (C=O) groups is 1. The molecule has 3 atom stereocenters. The fourth-order valence-electron chi connectivity index (χ4n) is 3.57. The van der Waals surface area contributed by atoms with Gasteiger partial charge in [-0.15, -0.1) is 0 Å². The van der Waals surface area contributed by atoms with Crippen molar-refractivity contribution >= 4 is 5.91 Å². The summed E-state index contributed by atoms with van der Waals surface area (Å²) in [7, 11) is 1.68. The lowest BCUT2D eigenvalue weighted by atomic mass is 9.99. The van der Waals surface area contributed by atoms with Crippen LogP contribution in [0.25, 0.3) is 0 Å². The minimum Gasteiger partial charge on any atom is -0.497 e. The lowest BCUT2D eigenvalue weighted by Gasteiger charge is -2.32. The second-order valence-electron chi connectivity index (χ2n) is 7.32. The molecule has 5 heteroatoms. The van der Waals surface area contributed by atoms with E-state index in [0.29, 0.717) is 5.92 Å². The van der Waals surface area contributed by atoms with E-state index in [0.717, 1.165) is 38.3 Å². The average Bonchev–Trinajstić information content (AvgIpc) is 2.88. The van der Waals surface area contributed by atoms with Crippen LogP contribution in [0.1, 0.15) is 25.8 Å². The zero-order chi connectivity index (χ0) is 17.1. The van der Waals surface area contributed by atoms with Gasteiger partial charge in [-0.3, -0.25) is 9.69 Å². The highest BCUT2D eigenvalue weighted by Gasteiger charge is 2.44. The van der Waals surface area contributed by atoms with Gasteiger partial charge in [-0.2, -0.15) is 0 Å². The molecule has 1 aromatic carbocycles. The molecule has 2 aliphatic rings. The van der Waals surface area contributed by atoms with Gasteiger partial charge < -0.3 is 14.8 Å². The summed E-state index contributed by atoms with van der Waals surface area (Å²) < 4.78 is 11.2. The van der Waals surface area contributed by atoms with E-state index < -0.39 is 0 Å². The Morgan fingerprint density at radius 1 is 1.33 bits per heavy atom. The topological polar surface area (TPSA) is 50.8 Å². The standard InChI is InChI=1S/C19H28N2O3/c1-13(2)9-20-19(22)17-8-16-11-21(12-18(17)24-16)10-14-4-6-15(23-3)7-5-14/h4-7,13,16-18H,8-12H2,1-3H3,(H,20,22)/t16-,17+,18-/m0/s1. The lowest BCUT2D eigenvalue weighted by molar-refractivity contribution is -0.128. The summed E-state index contributed by atoms with van der Waals surface area (Å²) in [5, 5.41) is 3.06. The number of benzene rings is 1. The van der Waals surface area contributed by atoms with Gasteiger partial charge in [0.2, 0.25) is 5.91 Å². The van der Waals surface area contributed by atoms with Gasteiger partial charge in [0.1, 0.15) is 5.75 Å². The van der Waals surface area contributed by atoms with E-state index in [1.54, 1.807) is 7.11 Å². The summed E-state index contributed by atoms with van der Waals surface area (Å²) in [6.07, 6.45) is 1.04. The predicted molar refractivity (Wildman–Crippen MR) is 92.9 cm³/mol. The zero-order valence-electron chi connectivity index (χ0n) is 14.8. The van der Waals surface area contributed by atoms with Crippen LogP contribution in [0, 0.1) is 11.8 Å². The van der Waals surface area contributed by atoms with Crippen LogP contribution in [0.15, 0.2) is 24.3 Å². The number of carbonyl (C=O) groups excluding carboxylic acids is 1. The Balaban J connectivity index is 1.56. The van der Waals surface area contributed by atoms with E-state index in [2.05, 4.69) is 36.2 Å². The fourth-order valence-corrected chi connectivity index (χ4v) is 3.57. The first-order chi connectivity index (χ1) is 11.5. The van der Waals surface area contributed by atoms with Crippen molar-refractivity contribution in [3.8, 4) is 5.75 Å². The number of methoxy groups -OCH3 is 1. The van der Waals surface area contributed by atoms with Crippen LogP contribution in [0.3, 0.4) is 0 Å². The van der Waals surface area contributed by atoms with Crippen molar-refractivity contribution < 1.29 is 14.3 Å². The number of hydrogen-bond acceptors (Lipinski definition) is 4. The number of fused-ring (bicyclic) bond motifs is 2. The Morgan fingerprint density at radius 2 is 2.08 bits per heavy atom. The van der Waals surface area contributed by atoms with Gasteiger partial charge >= 0.3 is 0 Å². The molecule has 0 aromatic heterocycles. The SMILES string of the molecule is COc1ccc(CN2C[C@@H]3C[C@@H](C(=O)NCC(C)C)[C@H](C2)O3)cc1. The van der Waals surface area contributed by atoms with Crippen LogP contribution in [0.2, 0.25) is 0 Å². The number of amides is 1. The quantitative estimate of drug-likeness (QED) is 0.866. The highest BCUT2D eigenvalue weighted by Crippen LogP contribution is 2.32. The highest BCUT2D eigenvalue weighted by atomic mass is 16.5. The van der Waals surface area contributed by atoms with Gasteiger partial charge in [0, 0.05) is 26.2 Å². The third kappa shape index (κ3) is 4.08. The Bertz CT molecular complexity index is 558. The van der Waals surface area contributed by atoms with Crippen LogP contribution in [-0.2, 0) is 16.1 Å². The van der Waals surface area contributed by atoms with Crippen molar-refractivity contribution in [2.24, 2.45) is 11.8 Å². The van der Waals surface area contributed by atoms with Crippen molar-refractivity contribution in [3.63, 3.8) is 0 Å². The fraction of sp³-hybridized carbons (Fsp3) is 0.632. The molecule has 1 N–H and O–H groups in total. The van der Waals surface area contributed by atoms with Crippen LogP contribution < -0.4 is 10.1 Å². The van der Waals surface area contributed by atoms with E-state index in [9.17, 15) is 4.79 Å². The van der Waals surface area contributed by atoms with E-state index in [1.807, 2.05) is 12.1 Å². The Labute approximate surface area is 144 Å². The summed E-state index contributed by atoms with van der Waals surface area (Å²) in [6.45, 7) is 7.57. The van der Waals surface area contributed by atoms with E-state index in [4.69, 9.17) is 9.47 Å². The van der Waals surface area contributed by atoms with Gasteiger partial charge in [-0.05, 0) is 30.0 Å². The second-order valence-corrected chi connectivity index (χ2v) is 7.32. The number of morpholine rings is 1. The van der Waals surface area contributed by atoms with Crippen LogP contribution in [-0.4, -0.2) is 49.8 Å². The summed E-state index contributed by atoms with van der Waals surface area (Å²) in [5.74, 6) is 1.50. The molecule has 1 amide bonds. The average molecular weight is 332 g/mol. The maximum atomic E-state index is 12.4. The number of ether oxygens (including phenoxy) is 2. The van der Waals surface area contributed by atoms with Gasteiger partial charge in [0.25, 0.3) is 0 Å². The zero-order valence-corrected chi connectivity index (χ0v) is 14.8. The summed E-state index contributed by atoms with van der Waals surface area (Å²) in [6, 6.07) is 8.19. The first-order valence-corrected chi connectivity index (χ1v) is 8.83. The van der Waals surface area contributed by atoms with E-state index in [-0.39, 0.29) is 24.0 Å². The molecule has 1 aromatic rings. The molecule has 2 fully saturated rings. The minimum absolute atomic E-state index is 0.00498. The molecule has 24 heavy (non-hydrogen) atoms. The van der Waals surface area contributed by atoms with Crippen molar-refractivity contribution in [2.45, 2.75) is 39.0 Å². The van der Waals surface area contributed by atoms with Crippen molar-refractivity contribution in [2.75, 3.05) is 26.7 Å². The summed E-state index contributed by atoms with van der Waals surface area (Å²) in [5.41, 5.74) is 1.26. The molecule has 0 unspecified atom stereocenters. The first kappa shape index (κ1) is 17.2. The minimum atomic E-state index is -0.00498. The van der Waals surface area contributed by atoms with Gasteiger partial charge in [-0.1, -0.05) is 26.0 Å². The third-order valence-electron chi connectivity index (χ3n) is 4.82. The number of likely N-dealkylation sites (tertiary alicyclic amines) is 1. The molecule has 0 spiro atoms. The molecule has 0 saturated carbocycles. The molecule has 2 heterocycles. The maximum Gasteiger partial charge on any atom is 0.225 e. The van der Waals surface area contributed by atoms with Gasteiger partial charge in [0.15, 0.2) is 0 Å². The van der Waals surface area contributed by atoms with Crippen LogP contribution in [0.5, 0.6) is 5.75 Å². The van der Waals surface area contributed by atoms with Crippen molar-refractivity contribution in [1.82, 2.24) is 10.2 Å². The molecular weight excluding hydrogens is 304 g/mol. The molecule has 2 saturated heterocycles. The second kappa shape index (κ2) is 7.53. The van der Waals surface area contributed by atoms with E-state index >= 15 is 0 Å². The Kier molecular flexibility index (Phi) is 5.41. The van der Waals surface area contributed by atoms with Gasteiger partial charge in [0.05, 0.1) is 25.2 Å². The first-order valence-electron chi connectivity index (χ1n) is 8.83. The number of rotatable bonds is 6. The molecule has 3 rings (SSSR count). The molecule has 0 aliphatic carbocycles. The van der Waals surface area contributed by atoms with E-state index in [1.165, 1.54) is 5.56 Å². The monoisotopic (exact) mass is 332 g/mol. The largest absolute Gasteiger partial charge is 0.497 e.